The first-order valence-electron chi connectivity index (χ1n) is 5.61. The summed E-state index contributed by atoms with van der Waals surface area (Å²) in [5.74, 6) is 0.975. The van der Waals surface area contributed by atoms with Crippen LogP contribution in [0.4, 0.5) is 0 Å². The third kappa shape index (κ3) is 3.04. The lowest BCUT2D eigenvalue weighted by Gasteiger charge is -2.38. The zero-order valence-electron chi connectivity index (χ0n) is 9.90. The fourth-order valence-electron chi connectivity index (χ4n) is 1.85. The Kier molecular flexibility index (Phi) is 3.93. The lowest BCUT2D eigenvalue weighted by atomic mass is 10.1. The summed E-state index contributed by atoms with van der Waals surface area (Å²) in [6.45, 7) is 6.28. The van der Waals surface area contributed by atoms with Crippen molar-refractivity contribution in [2.45, 2.75) is 19.6 Å². The van der Waals surface area contributed by atoms with Gasteiger partial charge >= 0.3 is 0 Å². The molecule has 16 heavy (non-hydrogen) atoms. The van der Waals surface area contributed by atoms with Gasteiger partial charge in [-0.1, -0.05) is 0 Å². The predicted octanol–water partition coefficient (Wildman–Crippen LogP) is 0.565. The van der Waals surface area contributed by atoms with Crippen LogP contribution in [0.15, 0.2) is 6.20 Å². The summed E-state index contributed by atoms with van der Waals surface area (Å²) in [4.78, 5) is 9.74. The van der Waals surface area contributed by atoms with Gasteiger partial charge in [-0.2, -0.15) is 0 Å². The van der Waals surface area contributed by atoms with E-state index >= 15 is 0 Å². The van der Waals surface area contributed by atoms with Gasteiger partial charge < -0.3 is 14.5 Å². The van der Waals surface area contributed by atoms with Crippen molar-refractivity contribution in [1.29, 1.82) is 0 Å². The number of nitrogens with zero attached hydrogens (tertiary/aromatic N) is 2. The maximum atomic E-state index is 5.60. The molecule has 1 saturated heterocycles. The molecule has 1 aliphatic rings. The Morgan fingerprint density at radius 3 is 2.94 bits per heavy atom. The number of methoxy groups -OCH3 is 1. The third-order valence-corrected chi connectivity index (χ3v) is 2.71. The lowest BCUT2D eigenvalue weighted by Crippen LogP contribution is -2.51. The van der Waals surface area contributed by atoms with Crippen LogP contribution in [0.5, 0.6) is 0 Å². The van der Waals surface area contributed by atoms with Crippen LogP contribution in [0.25, 0.3) is 0 Å². The molecule has 0 bridgehead atoms. The monoisotopic (exact) mass is 225 g/mol. The summed E-state index contributed by atoms with van der Waals surface area (Å²) in [7, 11) is 1.69. The summed E-state index contributed by atoms with van der Waals surface area (Å²) in [6, 6.07) is 0. The molecule has 1 fully saturated rings. The molecule has 0 spiro atoms. The van der Waals surface area contributed by atoms with Crippen molar-refractivity contribution in [3.63, 3.8) is 0 Å². The van der Waals surface area contributed by atoms with Crippen LogP contribution in [-0.4, -0.2) is 54.4 Å². The summed E-state index contributed by atoms with van der Waals surface area (Å²) in [5.41, 5.74) is 1.17. The topological polar surface area (TPSA) is 50.4 Å². The number of H-pyrrole nitrogens is 1. The highest BCUT2D eigenvalue weighted by molar-refractivity contribution is 5.01. The van der Waals surface area contributed by atoms with Crippen LogP contribution in [0, 0.1) is 6.92 Å². The molecular formula is C11H19N3O2. The number of rotatable bonds is 6. The first-order valence-corrected chi connectivity index (χ1v) is 5.61. The highest BCUT2D eigenvalue weighted by Gasteiger charge is 2.27. The van der Waals surface area contributed by atoms with Crippen molar-refractivity contribution in [1.82, 2.24) is 14.9 Å². The van der Waals surface area contributed by atoms with E-state index in [0.717, 1.165) is 25.5 Å². The second-order valence-electron chi connectivity index (χ2n) is 4.17. The average Bonchev–Trinajstić information content (AvgIpc) is 2.60. The van der Waals surface area contributed by atoms with Gasteiger partial charge in [0.15, 0.2) is 0 Å². The van der Waals surface area contributed by atoms with E-state index in [9.17, 15) is 0 Å². The van der Waals surface area contributed by atoms with Gasteiger partial charge in [0.25, 0.3) is 0 Å². The quantitative estimate of drug-likeness (QED) is 0.719. The Balaban J connectivity index is 1.61. The van der Waals surface area contributed by atoms with Crippen molar-refractivity contribution in [3.8, 4) is 0 Å². The highest BCUT2D eigenvalue weighted by Crippen LogP contribution is 2.14. The zero-order valence-corrected chi connectivity index (χ0v) is 9.90. The molecule has 0 aliphatic carbocycles. The van der Waals surface area contributed by atoms with E-state index in [0.29, 0.717) is 19.3 Å². The molecule has 5 heteroatoms. The number of hydrogen-bond acceptors (Lipinski definition) is 4. The maximum absolute atomic E-state index is 5.60. The number of ether oxygens (including phenoxy) is 2. The summed E-state index contributed by atoms with van der Waals surface area (Å²) in [6.07, 6.45) is 2.27. The van der Waals surface area contributed by atoms with Gasteiger partial charge in [-0.3, -0.25) is 4.90 Å². The minimum Gasteiger partial charge on any atom is -0.382 e. The first kappa shape index (κ1) is 11.6. The molecule has 1 aliphatic heterocycles. The smallest absolute Gasteiger partial charge is 0.103 e. The van der Waals surface area contributed by atoms with E-state index in [2.05, 4.69) is 14.9 Å². The van der Waals surface area contributed by atoms with Crippen molar-refractivity contribution in [3.05, 3.63) is 17.7 Å². The third-order valence-electron chi connectivity index (χ3n) is 2.71. The second-order valence-corrected chi connectivity index (χ2v) is 4.17. The fourth-order valence-corrected chi connectivity index (χ4v) is 1.85. The Bertz CT molecular complexity index is 321. The van der Waals surface area contributed by atoms with Gasteiger partial charge in [0.05, 0.1) is 19.3 Å². The molecule has 1 aromatic rings. The Morgan fingerprint density at radius 2 is 2.31 bits per heavy atom. The summed E-state index contributed by atoms with van der Waals surface area (Å²) in [5, 5.41) is 0. The number of nitrogens with one attached hydrogen (secondary N) is 1. The zero-order chi connectivity index (χ0) is 11.4. The van der Waals surface area contributed by atoms with Crippen molar-refractivity contribution in [2.75, 3.05) is 33.4 Å². The summed E-state index contributed by atoms with van der Waals surface area (Å²) >= 11 is 0. The summed E-state index contributed by atoms with van der Waals surface area (Å²) < 4.78 is 10.5. The van der Waals surface area contributed by atoms with Crippen LogP contribution >= 0.6 is 0 Å². The molecule has 0 unspecified atom stereocenters. The molecule has 0 amide bonds. The Hall–Kier alpha value is -0.910. The largest absolute Gasteiger partial charge is 0.382 e. The first-order chi connectivity index (χ1) is 7.78. The molecule has 1 N–H and O–H groups in total. The van der Waals surface area contributed by atoms with Crippen molar-refractivity contribution in [2.24, 2.45) is 0 Å². The van der Waals surface area contributed by atoms with Crippen LogP contribution < -0.4 is 0 Å². The van der Waals surface area contributed by atoms with Crippen LogP contribution in [-0.2, 0) is 16.0 Å². The van der Waals surface area contributed by atoms with Crippen LogP contribution in [0.3, 0.4) is 0 Å². The number of aromatic amines is 1. The molecule has 5 nitrogen and oxygen atoms in total. The van der Waals surface area contributed by atoms with E-state index in [1.807, 2.05) is 13.1 Å². The van der Waals surface area contributed by atoms with Gasteiger partial charge in [-0.15, -0.1) is 0 Å². The average molecular weight is 225 g/mol. The molecule has 0 saturated carbocycles. The number of aromatic nitrogens is 2. The molecule has 0 atom stereocenters. The normalized spacial score (nSPS) is 17.6. The second kappa shape index (κ2) is 5.43. The molecule has 0 radical (unpaired) electrons. The maximum Gasteiger partial charge on any atom is 0.103 e. The number of aryl methyl sites for hydroxylation is 1. The van der Waals surface area contributed by atoms with Crippen molar-refractivity contribution < 1.29 is 9.47 Å². The number of imidazole rings is 1. The molecule has 2 heterocycles. The Labute approximate surface area is 95.8 Å². The Morgan fingerprint density at radius 1 is 1.50 bits per heavy atom. The predicted molar refractivity (Wildman–Crippen MR) is 60.2 cm³/mol. The van der Waals surface area contributed by atoms with E-state index in [-0.39, 0.29) is 0 Å². The van der Waals surface area contributed by atoms with Gasteiger partial charge in [-0.25, -0.2) is 4.98 Å². The number of hydrogen-bond donors (Lipinski definition) is 1. The molecule has 90 valence electrons. The van der Waals surface area contributed by atoms with Gasteiger partial charge in [-0.05, 0) is 6.92 Å². The van der Waals surface area contributed by atoms with E-state index in [4.69, 9.17) is 9.47 Å². The van der Waals surface area contributed by atoms with Crippen LogP contribution in [0.2, 0.25) is 0 Å². The van der Waals surface area contributed by atoms with Gasteiger partial charge in [0, 0.05) is 38.6 Å². The highest BCUT2D eigenvalue weighted by atomic mass is 16.5. The molecule has 1 aromatic heterocycles. The SMILES string of the molecule is COCCOC1CN(Cc2cnc(C)[nH]2)C1. The van der Waals surface area contributed by atoms with E-state index in [1.165, 1.54) is 5.69 Å². The van der Waals surface area contributed by atoms with E-state index < -0.39 is 0 Å². The van der Waals surface area contributed by atoms with Gasteiger partial charge in [0.2, 0.25) is 0 Å². The fraction of sp³-hybridized carbons (Fsp3) is 0.727. The minimum atomic E-state index is 0.374. The van der Waals surface area contributed by atoms with E-state index in [1.54, 1.807) is 7.11 Å². The molecule has 2 rings (SSSR count). The van der Waals surface area contributed by atoms with Crippen LogP contribution in [0.1, 0.15) is 11.5 Å². The lowest BCUT2D eigenvalue weighted by molar-refractivity contribution is -0.0702. The number of likely N-dealkylation sites (tertiary alicyclic amines) is 1. The van der Waals surface area contributed by atoms with Crippen molar-refractivity contribution >= 4 is 0 Å². The standard InChI is InChI=1S/C11H19N3O2/c1-9-12-5-10(13-9)6-14-7-11(8-14)16-4-3-15-2/h5,11H,3-4,6-8H2,1-2H3,(H,12,13). The van der Waals surface area contributed by atoms with Gasteiger partial charge in [0.1, 0.15) is 5.82 Å². The molecular weight excluding hydrogens is 206 g/mol. The minimum absolute atomic E-state index is 0.374. The molecule has 0 aromatic carbocycles.